The smallest absolute Gasteiger partial charge is 0.297 e. The summed E-state index contributed by atoms with van der Waals surface area (Å²) in [4.78, 5) is 29.4. The molecule has 0 aliphatic carbocycles. The van der Waals surface area contributed by atoms with E-state index in [0.717, 1.165) is 38.9 Å². The first-order chi connectivity index (χ1) is 15.6. The lowest BCUT2D eigenvalue weighted by Crippen LogP contribution is -2.48. The van der Waals surface area contributed by atoms with Gasteiger partial charge in [-0.2, -0.15) is 0 Å². The summed E-state index contributed by atoms with van der Waals surface area (Å²) >= 11 is 0. The molecule has 166 valence electrons. The molecule has 0 unspecified atom stereocenters. The molecule has 7 nitrogen and oxygen atoms in total. The van der Waals surface area contributed by atoms with Crippen molar-refractivity contribution in [3.8, 4) is 0 Å². The second kappa shape index (κ2) is 10.2. The van der Waals surface area contributed by atoms with Crippen molar-refractivity contribution in [1.29, 1.82) is 0 Å². The lowest BCUT2D eigenvalue weighted by molar-refractivity contribution is -0.114. The molecular formula is C25H28N4O3. The van der Waals surface area contributed by atoms with Crippen molar-refractivity contribution < 1.29 is 14.1 Å². The largest absolute Gasteiger partial charge is 0.351 e. The Labute approximate surface area is 188 Å². The summed E-state index contributed by atoms with van der Waals surface area (Å²) in [6.07, 6.45) is 4.15. The fourth-order valence-electron chi connectivity index (χ4n) is 4.23. The number of amides is 2. The van der Waals surface area contributed by atoms with Gasteiger partial charge >= 0.3 is 0 Å². The van der Waals surface area contributed by atoms with E-state index in [-0.39, 0.29) is 23.6 Å². The van der Waals surface area contributed by atoms with Gasteiger partial charge < -0.3 is 19.6 Å². The van der Waals surface area contributed by atoms with Crippen molar-refractivity contribution in [1.82, 2.24) is 10.1 Å². The van der Waals surface area contributed by atoms with Crippen LogP contribution in [0.4, 0.5) is 11.4 Å². The second-order valence-corrected chi connectivity index (χ2v) is 8.06. The number of para-hydroxylation sites is 2. The van der Waals surface area contributed by atoms with E-state index in [4.69, 9.17) is 4.52 Å². The summed E-state index contributed by atoms with van der Waals surface area (Å²) in [5, 5.41) is 6.55. The summed E-state index contributed by atoms with van der Waals surface area (Å²) in [7, 11) is 0. The average Bonchev–Trinajstić information content (AvgIpc) is 3.35. The zero-order valence-corrected chi connectivity index (χ0v) is 18.2. The number of carbonyl (C=O) groups is 2. The van der Waals surface area contributed by atoms with Gasteiger partial charge in [0.15, 0.2) is 0 Å². The van der Waals surface area contributed by atoms with Crippen LogP contribution in [0.15, 0.2) is 71.4 Å². The normalized spacial score (nSPS) is 14.8. The summed E-state index contributed by atoms with van der Waals surface area (Å²) in [6, 6.07) is 19.5. The maximum Gasteiger partial charge on any atom is 0.297 e. The Bertz CT molecular complexity index is 1030. The molecule has 2 aromatic carbocycles. The number of nitrogens with zero attached hydrogens (tertiary/aromatic N) is 3. The quantitative estimate of drug-likeness (QED) is 0.611. The van der Waals surface area contributed by atoms with E-state index in [0.29, 0.717) is 11.4 Å². The summed E-state index contributed by atoms with van der Waals surface area (Å²) < 4.78 is 5.18. The van der Waals surface area contributed by atoms with Crippen LogP contribution in [0.5, 0.6) is 0 Å². The third-order valence-electron chi connectivity index (χ3n) is 5.82. The molecule has 1 aromatic heterocycles. The molecule has 1 saturated heterocycles. The topological polar surface area (TPSA) is 78.7 Å². The number of hydrogen-bond donors (Lipinski definition) is 1. The molecule has 0 saturated carbocycles. The van der Waals surface area contributed by atoms with Gasteiger partial charge in [0.2, 0.25) is 11.7 Å². The fraction of sp³-hybridized carbons (Fsp3) is 0.320. The Hall–Kier alpha value is -3.45. The van der Waals surface area contributed by atoms with Gasteiger partial charge in [-0.15, -0.1) is 0 Å². The van der Waals surface area contributed by atoms with Crippen LogP contribution in [0.2, 0.25) is 0 Å². The number of piperidine rings is 1. The number of aromatic nitrogens is 1. The molecule has 1 fully saturated rings. The van der Waals surface area contributed by atoms with Gasteiger partial charge in [-0.25, -0.2) is 0 Å². The van der Waals surface area contributed by atoms with Crippen molar-refractivity contribution in [3.63, 3.8) is 0 Å². The van der Waals surface area contributed by atoms with Crippen LogP contribution >= 0.6 is 0 Å². The number of likely N-dealkylation sites (tertiary alicyclic amines) is 1. The van der Waals surface area contributed by atoms with Gasteiger partial charge in [0.1, 0.15) is 0 Å². The molecule has 3 aromatic rings. The van der Waals surface area contributed by atoms with Gasteiger partial charge in [-0.05, 0) is 37.0 Å². The van der Waals surface area contributed by atoms with Gasteiger partial charge in [0.25, 0.3) is 5.91 Å². The zero-order chi connectivity index (χ0) is 22.3. The molecule has 1 N–H and O–H groups in total. The predicted molar refractivity (Wildman–Crippen MR) is 124 cm³/mol. The molecule has 32 heavy (non-hydrogen) atoms. The average molecular weight is 433 g/mol. The van der Waals surface area contributed by atoms with E-state index in [1.54, 1.807) is 11.0 Å². The van der Waals surface area contributed by atoms with Crippen molar-refractivity contribution in [2.45, 2.75) is 32.2 Å². The van der Waals surface area contributed by atoms with Gasteiger partial charge in [0, 0.05) is 38.7 Å². The summed E-state index contributed by atoms with van der Waals surface area (Å²) in [5.74, 6) is -0.239. The molecule has 0 atom stereocenters. The van der Waals surface area contributed by atoms with Crippen LogP contribution in [0, 0.1) is 0 Å². The van der Waals surface area contributed by atoms with Crippen LogP contribution in [-0.4, -0.2) is 47.5 Å². The molecule has 4 rings (SSSR count). The number of rotatable bonds is 7. The first-order valence-corrected chi connectivity index (χ1v) is 11.0. The Morgan fingerprint density at radius 1 is 1.06 bits per heavy atom. The van der Waals surface area contributed by atoms with E-state index in [1.165, 1.54) is 18.7 Å². The number of carbonyl (C=O) groups excluding carboxylic acids is 2. The first kappa shape index (κ1) is 21.8. The minimum absolute atomic E-state index is 0.00418. The molecule has 0 spiro atoms. The lowest BCUT2D eigenvalue weighted by Gasteiger charge is -2.38. The Morgan fingerprint density at radius 3 is 2.47 bits per heavy atom. The monoisotopic (exact) mass is 432 g/mol. The second-order valence-electron chi connectivity index (χ2n) is 8.06. The highest BCUT2D eigenvalue weighted by Gasteiger charge is 2.32. The fourth-order valence-corrected chi connectivity index (χ4v) is 4.23. The number of benzene rings is 2. The highest BCUT2D eigenvalue weighted by molar-refractivity contribution is 6.07. The summed E-state index contributed by atoms with van der Waals surface area (Å²) in [5.41, 5.74) is 2.62. The third-order valence-corrected chi connectivity index (χ3v) is 5.82. The highest BCUT2D eigenvalue weighted by Crippen LogP contribution is 2.32. The number of nitrogens with one attached hydrogen (secondary N) is 1. The minimum atomic E-state index is -0.247. The third kappa shape index (κ3) is 5.23. The molecule has 7 heteroatoms. The maximum absolute atomic E-state index is 13.4. The molecular weight excluding hydrogens is 404 g/mol. The van der Waals surface area contributed by atoms with E-state index >= 15 is 0 Å². The van der Waals surface area contributed by atoms with E-state index < -0.39 is 0 Å². The lowest BCUT2D eigenvalue weighted by atomic mass is 10.0. The molecule has 0 bridgehead atoms. The standard InChI is InChI=1S/C25H28N4O3/c1-19(30)27-22-9-5-6-10-23(22)29(25(31)24-11-15-26-32-24)21-13-17-28(18-14-21)16-12-20-7-3-2-4-8-20/h2-11,15,21H,12-14,16-18H2,1H3,(H,27,30). The molecule has 1 aliphatic heterocycles. The van der Waals surface area contributed by atoms with Crippen LogP contribution in [0.1, 0.15) is 35.9 Å². The Kier molecular flexibility index (Phi) is 6.97. The van der Waals surface area contributed by atoms with E-state index in [2.05, 4.69) is 39.6 Å². The number of anilines is 2. The van der Waals surface area contributed by atoms with Gasteiger partial charge in [-0.1, -0.05) is 47.6 Å². The van der Waals surface area contributed by atoms with Crippen LogP contribution in [0.3, 0.4) is 0 Å². The molecule has 2 amide bonds. The van der Waals surface area contributed by atoms with Crippen molar-refractivity contribution in [3.05, 3.63) is 78.2 Å². The van der Waals surface area contributed by atoms with Gasteiger partial charge in [-0.3, -0.25) is 9.59 Å². The number of hydrogen-bond acceptors (Lipinski definition) is 5. The highest BCUT2D eigenvalue weighted by atomic mass is 16.5. The van der Waals surface area contributed by atoms with Crippen LogP contribution in [0.25, 0.3) is 0 Å². The van der Waals surface area contributed by atoms with Crippen molar-refractivity contribution in [2.24, 2.45) is 0 Å². The zero-order valence-electron chi connectivity index (χ0n) is 18.2. The molecule has 2 heterocycles. The SMILES string of the molecule is CC(=O)Nc1ccccc1N(C(=O)c1ccno1)C1CCN(CCc2ccccc2)CC1. The minimum Gasteiger partial charge on any atom is -0.351 e. The van der Waals surface area contributed by atoms with Gasteiger partial charge in [0.05, 0.1) is 17.6 Å². The van der Waals surface area contributed by atoms with Crippen LogP contribution < -0.4 is 10.2 Å². The van der Waals surface area contributed by atoms with Crippen molar-refractivity contribution in [2.75, 3.05) is 29.9 Å². The molecule has 1 aliphatic rings. The Balaban J connectivity index is 1.50. The maximum atomic E-state index is 13.4. The van der Waals surface area contributed by atoms with E-state index in [1.807, 2.05) is 30.3 Å². The van der Waals surface area contributed by atoms with Crippen molar-refractivity contribution >= 4 is 23.2 Å². The summed E-state index contributed by atoms with van der Waals surface area (Å²) in [6.45, 7) is 4.26. The van der Waals surface area contributed by atoms with Crippen LogP contribution in [-0.2, 0) is 11.2 Å². The van der Waals surface area contributed by atoms with E-state index in [9.17, 15) is 9.59 Å². The Morgan fingerprint density at radius 2 is 1.78 bits per heavy atom. The predicted octanol–water partition coefficient (Wildman–Crippen LogP) is 3.99. The molecule has 0 radical (unpaired) electrons. The first-order valence-electron chi connectivity index (χ1n) is 11.0.